The lowest BCUT2D eigenvalue weighted by atomic mass is 10.2. The molecule has 1 amide bonds. The highest BCUT2D eigenvalue weighted by Crippen LogP contribution is 2.23. The zero-order valence-corrected chi connectivity index (χ0v) is 19.9. The predicted molar refractivity (Wildman–Crippen MR) is 123 cm³/mol. The highest BCUT2D eigenvalue weighted by molar-refractivity contribution is 7.99. The minimum Gasteiger partial charge on any atom is -0.339 e. The number of carbonyl (C=O) groups is 1. The monoisotopic (exact) mass is 489 g/mol. The Hall–Kier alpha value is -2.76. The van der Waals surface area contributed by atoms with Gasteiger partial charge in [0.15, 0.2) is 5.16 Å². The van der Waals surface area contributed by atoms with E-state index in [0.29, 0.717) is 18.2 Å². The van der Waals surface area contributed by atoms with Crippen molar-refractivity contribution in [2.24, 2.45) is 0 Å². The number of aryl methyl sites for hydroxylation is 2. The smallest absolute Gasteiger partial charge is 0.243 e. The van der Waals surface area contributed by atoms with Gasteiger partial charge < -0.3 is 4.90 Å². The summed E-state index contributed by atoms with van der Waals surface area (Å²) in [5.41, 5.74) is 2.08. The first-order chi connectivity index (χ1) is 15.8. The van der Waals surface area contributed by atoms with Crippen LogP contribution in [-0.2, 0) is 14.8 Å². The molecule has 2 heterocycles. The molecule has 11 heteroatoms. The largest absolute Gasteiger partial charge is 0.339 e. The number of hydrogen-bond acceptors (Lipinski definition) is 6. The normalized spacial score (nSPS) is 15.1. The molecule has 1 aliphatic rings. The summed E-state index contributed by atoms with van der Waals surface area (Å²) in [6.45, 7) is 4.85. The predicted octanol–water partition coefficient (Wildman–Crippen LogP) is 2.65. The lowest BCUT2D eigenvalue weighted by Crippen LogP contribution is -2.50. The maximum absolute atomic E-state index is 13.1. The Morgan fingerprint density at radius 3 is 2.24 bits per heavy atom. The van der Waals surface area contributed by atoms with Crippen LogP contribution in [-0.4, -0.2) is 70.2 Å². The Kier molecular flexibility index (Phi) is 6.82. The van der Waals surface area contributed by atoms with Gasteiger partial charge in [-0.3, -0.25) is 9.36 Å². The van der Waals surface area contributed by atoms with Crippen molar-refractivity contribution in [2.75, 3.05) is 31.9 Å². The van der Waals surface area contributed by atoms with E-state index in [4.69, 9.17) is 0 Å². The van der Waals surface area contributed by atoms with Crippen molar-refractivity contribution in [3.8, 4) is 5.69 Å². The van der Waals surface area contributed by atoms with E-state index in [1.807, 2.05) is 42.7 Å². The van der Waals surface area contributed by atoms with Gasteiger partial charge in [0.05, 0.1) is 10.6 Å². The third-order valence-electron chi connectivity index (χ3n) is 5.45. The van der Waals surface area contributed by atoms with Gasteiger partial charge in [0.25, 0.3) is 0 Å². The third kappa shape index (κ3) is 5.10. The van der Waals surface area contributed by atoms with Crippen LogP contribution in [0.1, 0.15) is 11.4 Å². The van der Waals surface area contributed by atoms with E-state index in [2.05, 4.69) is 10.2 Å². The van der Waals surface area contributed by atoms with Gasteiger partial charge in [0.2, 0.25) is 15.9 Å². The molecule has 0 spiro atoms. The van der Waals surface area contributed by atoms with Crippen LogP contribution in [0.15, 0.2) is 58.6 Å². The number of halogens is 1. The van der Waals surface area contributed by atoms with Crippen molar-refractivity contribution in [3.63, 3.8) is 0 Å². The van der Waals surface area contributed by atoms with Gasteiger partial charge in [0, 0.05) is 31.9 Å². The quantitative estimate of drug-likeness (QED) is 0.495. The molecule has 8 nitrogen and oxygen atoms in total. The van der Waals surface area contributed by atoms with E-state index in [9.17, 15) is 17.6 Å². The minimum absolute atomic E-state index is 0.0463. The first-order valence-corrected chi connectivity index (χ1v) is 12.8. The minimum atomic E-state index is -3.72. The first kappa shape index (κ1) is 23.4. The molecule has 0 atom stereocenters. The topological polar surface area (TPSA) is 88.4 Å². The third-order valence-corrected chi connectivity index (χ3v) is 8.28. The zero-order chi connectivity index (χ0) is 23.6. The average molecular weight is 490 g/mol. The van der Waals surface area contributed by atoms with E-state index >= 15 is 0 Å². The van der Waals surface area contributed by atoms with Gasteiger partial charge in [-0.2, -0.15) is 4.31 Å². The van der Waals surface area contributed by atoms with E-state index in [0.717, 1.165) is 29.2 Å². The van der Waals surface area contributed by atoms with Crippen LogP contribution in [0.2, 0.25) is 0 Å². The molecule has 0 unspecified atom stereocenters. The average Bonchev–Trinajstić information content (AvgIpc) is 3.18. The molecular weight excluding hydrogens is 465 g/mol. The van der Waals surface area contributed by atoms with Crippen LogP contribution in [0.25, 0.3) is 5.69 Å². The number of nitrogens with zero attached hydrogens (tertiary/aromatic N) is 5. The van der Waals surface area contributed by atoms with Crippen molar-refractivity contribution in [1.82, 2.24) is 24.0 Å². The molecule has 33 heavy (non-hydrogen) atoms. The number of rotatable bonds is 6. The molecule has 1 aliphatic heterocycles. The summed E-state index contributed by atoms with van der Waals surface area (Å²) in [7, 11) is -3.72. The van der Waals surface area contributed by atoms with Crippen molar-refractivity contribution in [1.29, 1.82) is 0 Å². The van der Waals surface area contributed by atoms with Gasteiger partial charge in [-0.15, -0.1) is 10.2 Å². The number of benzene rings is 2. The fourth-order valence-corrected chi connectivity index (χ4v) is 5.90. The lowest BCUT2D eigenvalue weighted by Gasteiger charge is -2.34. The van der Waals surface area contributed by atoms with Crippen molar-refractivity contribution in [2.45, 2.75) is 23.9 Å². The van der Waals surface area contributed by atoms with Crippen molar-refractivity contribution in [3.05, 3.63) is 65.7 Å². The van der Waals surface area contributed by atoms with Crippen molar-refractivity contribution >= 4 is 27.7 Å². The van der Waals surface area contributed by atoms with Crippen LogP contribution < -0.4 is 0 Å². The van der Waals surface area contributed by atoms with Crippen LogP contribution >= 0.6 is 11.8 Å². The van der Waals surface area contributed by atoms with E-state index in [-0.39, 0.29) is 29.6 Å². The summed E-state index contributed by atoms with van der Waals surface area (Å²) in [6, 6.07) is 12.7. The number of thioether (sulfide) groups is 1. The Bertz CT molecular complexity index is 1240. The summed E-state index contributed by atoms with van der Waals surface area (Å²) in [4.78, 5) is 14.5. The molecule has 2 aromatic carbocycles. The Labute approximate surface area is 196 Å². The van der Waals surface area contributed by atoms with Crippen LogP contribution in [0, 0.1) is 19.7 Å². The standard InChI is InChI=1S/C22H24FN5O3S2/c1-16-3-7-19(8-4-16)28-17(2)24-25-22(28)32-15-21(29)26-11-13-27(14-12-26)33(30,31)20-9-5-18(23)6-10-20/h3-10H,11-15H2,1-2H3. The molecule has 0 radical (unpaired) electrons. The van der Waals surface area contributed by atoms with Gasteiger partial charge in [-0.25, -0.2) is 12.8 Å². The number of sulfonamides is 1. The molecule has 1 aromatic heterocycles. The highest BCUT2D eigenvalue weighted by atomic mass is 32.2. The number of piperazine rings is 1. The summed E-state index contributed by atoms with van der Waals surface area (Å²) in [6.07, 6.45) is 0. The molecule has 1 fully saturated rings. The molecule has 0 N–H and O–H groups in total. The van der Waals surface area contributed by atoms with Crippen LogP contribution in [0.4, 0.5) is 4.39 Å². The second kappa shape index (κ2) is 9.62. The number of amides is 1. The molecule has 4 rings (SSSR count). The molecule has 0 bridgehead atoms. The number of hydrogen-bond donors (Lipinski definition) is 0. The molecular formula is C22H24FN5O3S2. The Morgan fingerprint density at radius 1 is 0.970 bits per heavy atom. The van der Waals surface area contributed by atoms with E-state index < -0.39 is 15.8 Å². The van der Waals surface area contributed by atoms with E-state index in [1.165, 1.54) is 28.2 Å². The summed E-state index contributed by atoms with van der Waals surface area (Å²) in [5, 5.41) is 8.98. The van der Waals surface area contributed by atoms with Gasteiger partial charge >= 0.3 is 0 Å². The summed E-state index contributed by atoms with van der Waals surface area (Å²) < 4.78 is 41.9. The summed E-state index contributed by atoms with van der Waals surface area (Å²) in [5.74, 6) is 0.327. The highest BCUT2D eigenvalue weighted by Gasteiger charge is 2.30. The fraction of sp³-hybridized carbons (Fsp3) is 0.318. The number of aromatic nitrogens is 3. The maximum atomic E-state index is 13.1. The second-order valence-corrected chi connectivity index (χ2v) is 10.6. The van der Waals surface area contributed by atoms with Crippen LogP contribution in [0.5, 0.6) is 0 Å². The SMILES string of the molecule is Cc1ccc(-n2c(C)nnc2SCC(=O)N2CCN(S(=O)(=O)c3ccc(F)cc3)CC2)cc1. The van der Waals surface area contributed by atoms with Gasteiger partial charge in [-0.1, -0.05) is 29.5 Å². The second-order valence-electron chi connectivity index (χ2n) is 7.73. The molecule has 3 aromatic rings. The number of carbonyl (C=O) groups excluding carboxylic acids is 1. The van der Waals surface area contributed by atoms with Gasteiger partial charge in [0.1, 0.15) is 11.6 Å². The van der Waals surface area contributed by atoms with E-state index in [1.54, 1.807) is 4.90 Å². The molecule has 0 saturated carbocycles. The zero-order valence-electron chi connectivity index (χ0n) is 18.3. The molecule has 0 aliphatic carbocycles. The maximum Gasteiger partial charge on any atom is 0.243 e. The molecule has 174 valence electrons. The van der Waals surface area contributed by atoms with Crippen LogP contribution in [0.3, 0.4) is 0 Å². The summed E-state index contributed by atoms with van der Waals surface area (Å²) >= 11 is 1.30. The fourth-order valence-electron chi connectivity index (χ4n) is 3.58. The van der Waals surface area contributed by atoms with Gasteiger partial charge in [-0.05, 0) is 50.2 Å². The Morgan fingerprint density at radius 2 is 1.61 bits per heavy atom. The Balaban J connectivity index is 1.36. The van der Waals surface area contributed by atoms with Crippen molar-refractivity contribution < 1.29 is 17.6 Å². The lowest BCUT2D eigenvalue weighted by molar-refractivity contribution is -0.129. The first-order valence-electron chi connectivity index (χ1n) is 10.4. The molecule has 1 saturated heterocycles.